The molecule has 0 aliphatic rings. The number of nitrogens with two attached hydrogens (primary N) is 1. The van der Waals surface area contributed by atoms with Crippen LogP contribution in [0.5, 0.6) is 0 Å². The predicted molar refractivity (Wildman–Crippen MR) is 75.9 cm³/mol. The van der Waals surface area contributed by atoms with E-state index in [0.29, 0.717) is 11.3 Å². The summed E-state index contributed by atoms with van der Waals surface area (Å²) in [7, 11) is 0. The van der Waals surface area contributed by atoms with Gasteiger partial charge in [0.1, 0.15) is 0 Å². The highest BCUT2D eigenvalue weighted by Gasteiger charge is 2.18. The summed E-state index contributed by atoms with van der Waals surface area (Å²) in [6.07, 6.45) is 1.66. The van der Waals surface area contributed by atoms with Crippen molar-refractivity contribution in [3.8, 4) is 0 Å². The molecule has 1 unspecified atom stereocenters. The third-order valence-electron chi connectivity index (χ3n) is 3.27. The zero-order valence-electron chi connectivity index (χ0n) is 11.1. The number of carbonyl (C=O) groups is 1. The summed E-state index contributed by atoms with van der Waals surface area (Å²) in [5.41, 5.74) is 7.76. The Bertz CT molecular complexity index is 589. The van der Waals surface area contributed by atoms with Crippen molar-refractivity contribution in [2.24, 2.45) is 5.92 Å². The van der Waals surface area contributed by atoms with Gasteiger partial charge in [-0.05, 0) is 24.1 Å². The monoisotopic (exact) mass is 261 g/mol. The summed E-state index contributed by atoms with van der Waals surface area (Å²) in [5.74, 6) is -0.0335. The van der Waals surface area contributed by atoms with Crippen LogP contribution < -0.4 is 11.1 Å². The van der Waals surface area contributed by atoms with Gasteiger partial charge in [-0.1, -0.05) is 13.8 Å². The van der Waals surface area contributed by atoms with Crippen LogP contribution in [0, 0.1) is 5.92 Å². The van der Waals surface area contributed by atoms with Gasteiger partial charge in [0.05, 0.1) is 18.2 Å². The van der Waals surface area contributed by atoms with Crippen LogP contribution >= 0.6 is 0 Å². The molecule has 5 N–H and O–H groups in total. The van der Waals surface area contributed by atoms with Crippen LogP contribution in [-0.4, -0.2) is 28.6 Å². The predicted octanol–water partition coefficient (Wildman–Crippen LogP) is 1.50. The van der Waals surface area contributed by atoms with E-state index < -0.39 is 0 Å². The molecule has 1 aromatic carbocycles. The molecule has 0 saturated heterocycles. The molecule has 5 nitrogen and oxygen atoms in total. The first kappa shape index (κ1) is 13.4. The Balaban J connectivity index is 2.29. The average Bonchev–Trinajstić information content (AvgIpc) is 2.78. The molecule has 0 aliphatic heterocycles. The van der Waals surface area contributed by atoms with Crippen LogP contribution in [0.3, 0.4) is 0 Å². The number of nitrogen functional groups attached to an aromatic ring is 1. The summed E-state index contributed by atoms with van der Waals surface area (Å²) >= 11 is 0. The van der Waals surface area contributed by atoms with E-state index in [1.54, 1.807) is 18.3 Å². The van der Waals surface area contributed by atoms with Crippen LogP contribution in [0.1, 0.15) is 24.2 Å². The molecule has 1 atom stereocenters. The molecule has 1 aromatic heterocycles. The fourth-order valence-electron chi connectivity index (χ4n) is 2.00. The molecule has 0 bridgehead atoms. The second-order valence-electron chi connectivity index (χ2n) is 5.01. The highest BCUT2D eigenvalue weighted by molar-refractivity contribution is 6.07. The quantitative estimate of drug-likeness (QED) is 0.628. The Hall–Kier alpha value is -2.01. The maximum atomic E-state index is 12.2. The van der Waals surface area contributed by atoms with Crippen LogP contribution in [0.15, 0.2) is 24.4 Å². The van der Waals surface area contributed by atoms with Gasteiger partial charge in [-0.25, -0.2) is 0 Å². The number of rotatable bonds is 4. The summed E-state index contributed by atoms with van der Waals surface area (Å²) in [5, 5.41) is 12.9. The van der Waals surface area contributed by atoms with E-state index in [4.69, 9.17) is 5.73 Å². The largest absolute Gasteiger partial charge is 0.399 e. The van der Waals surface area contributed by atoms with E-state index in [2.05, 4.69) is 10.3 Å². The third kappa shape index (κ3) is 2.71. The lowest BCUT2D eigenvalue weighted by Gasteiger charge is -2.19. The second-order valence-corrected chi connectivity index (χ2v) is 5.01. The molecule has 0 radical (unpaired) electrons. The first-order chi connectivity index (χ1) is 9.02. The minimum atomic E-state index is -0.251. The number of anilines is 1. The Morgan fingerprint density at radius 1 is 1.47 bits per heavy atom. The standard InChI is InChI=1S/C14H19N3O2/c1-8(2)13(7-18)17-14(19)11-6-16-12-4-3-9(15)5-10(11)12/h3-6,8,13,16,18H,7,15H2,1-2H3,(H,17,19). The van der Waals surface area contributed by atoms with Crippen LogP contribution in [0.25, 0.3) is 10.9 Å². The normalized spacial score (nSPS) is 12.8. The van der Waals surface area contributed by atoms with Gasteiger partial charge in [-0.15, -0.1) is 0 Å². The van der Waals surface area contributed by atoms with Gasteiger partial charge >= 0.3 is 0 Å². The zero-order chi connectivity index (χ0) is 14.0. The lowest BCUT2D eigenvalue weighted by Crippen LogP contribution is -2.41. The van der Waals surface area contributed by atoms with Crippen molar-refractivity contribution in [3.63, 3.8) is 0 Å². The summed E-state index contributed by atoms with van der Waals surface area (Å²) in [6.45, 7) is 3.83. The van der Waals surface area contributed by atoms with E-state index >= 15 is 0 Å². The Morgan fingerprint density at radius 2 is 2.21 bits per heavy atom. The number of H-pyrrole nitrogens is 1. The Morgan fingerprint density at radius 3 is 2.84 bits per heavy atom. The van der Waals surface area contributed by atoms with Gasteiger partial charge in [0, 0.05) is 22.8 Å². The smallest absolute Gasteiger partial charge is 0.253 e. The maximum Gasteiger partial charge on any atom is 0.253 e. The Kier molecular flexibility index (Phi) is 3.76. The van der Waals surface area contributed by atoms with E-state index in [9.17, 15) is 9.90 Å². The lowest BCUT2D eigenvalue weighted by atomic mass is 10.0. The molecule has 1 heterocycles. The number of aliphatic hydroxyl groups is 1. The van der Waals surface area contributed by atoms with Crippen molar-refractivity contribution < 1.29 is 9.90 Å². The molecule has 19 heavy (non-hydrogen) atoms. The molecule has 102 valence electrons. The number of aliphatic hydroxyl groups excluding tert-OH is 1. The van der Waals surface area contributed by atoms with Gasteiger partial charge in [-0.2, -0.15) is 0 Å². The first-order valence-corrected chi connectivity index (χ1v) is 6.31. The fraction of sp³-hybridized carbons (Fsp3) is 0.357. The molecule has 2 rings (SSSR count). The van der Waals surface area contributed by atoms with Crippen LogP contribution in [0.2, 0.25) is 0 Å². The number of benzene rings is 1. The van der Waals surface area contributed by atoms with Gasteiger partial charge in [0.2, 0.25) is 0 Å². The zero-order valence-corrected chi connectivity index (χ0v) is 11.1. The third-order valence-corrected chi connectivity index (χ3v) is 3.27. The lowest BCUT2D eigenvalue weighted by molar-refractivity contribution is 0.0898. The van der Waals surface area contributed by atoms with Crippen molar-refractivity contribution in [3.05, 3.63) is 30.0 Å². The van der Waals surface area contributed by atoms with Gasteiger partial charge < -0.3 is 21.1 Å². The molecule has 0 fully saturated rings. The molecule has 0 saturated carbocycles. The number of hydrogen-bond donors (Lipinski definition) is 4. The van der Waals surface area contributed by atoms with E-state index in [1.165, 1.54) is 0 Å². The number of hydrogen-bond acceptors (Lipinski definition) is 3. The Labute approximate surface area is 111 Å². The van der Waals surface area contributed by atoms with Crippen molar-refractivity contribution in [1.29, 1.82) is 0 Å². The topological polar surface area (TPSA) is 91.1 Å². The van der Waals surface area contributed by atoms with E-state index in [0.717, 1.165) is 10.9 Å². The van der Waals surface area contributed by atoms with Crippen LogP contribution in [-0.2, 0) is 0 Å². The van der Waals surface area contributed by atoms with Gasteiger partial charge in [0.25, 0.3) is 5.91 Å². The number of nitrogens with one attached hydrogen (secondary N) is 2. The highest BCUT2D eigenvalue weighted by Crippen LogP contribution is 2.21. The summed E-state index contributed by atoms with van der Waals surface area (Å²) in [4.78, 5) is 15.3. The summed E-state index contributed by atoms with van der Waals surface area (Å²) in [6, 6.07) is 5.14. The molecule has 2 aromatic rings. The van der Waals surface area contributed by atoms with Crippen molar-refractivity contribution >= 4 is 22.5 Å². The van der Waals surface area contributed by atoms with E-state index in [-0.39, 0.29) is 24.5 Å². The van der Waals surface area contributed by atoms with E-state index in [1.807, 2.05) is 19.9 Å². The van der Waals surface area contributed by atoms with Gasteiger partial charge in [-0.3, -0.25) is 4.79 Å². The molecular weight excluding hydrogens is 242 g/mol. The fourth-order valence-corrected chi connectivity index (χ4v) is 2.00. The molecular formula is C14H19N3O2. The number of carbonyl (C=O) groups excluding carboxylic acids is 1. The highest BCUT2D eigenvalue weighted by atomic mass is 16.3. The number of aromatic amines is 1. The van der Waals surface area contributed by atoms with Crippen LogP contribution in [0.4, 0.5) is 5.69 Å². The molecule has 5 heteroatoms. The summed E-state index contributed by atoms with van der Waals surface area (Å²) < 4.78 is 0. The van der Waals surface area contributed by atoms with Gasteiger partial charge in [0.15, 0.2) is 0 Å². The molecule has 0 aliphatic carbocycles. The SMILES string of the molecule is CC(C)C(CO)NC(=O)c1c[nH]c2ccc(N)cc12. The molecule has 0 spiro atoms. The second kappa shape index (κ2) is 5.32. The first-order valence-electron chi connectivity index (χ1n) is 6.31. The maximum absolute atomic E-state index is 12.2. The molecule has 1 amide bonds. The minimum absolute atomic E-state index is 0.0755. The van der Waals surface area contributed by atoms with Crippen molar-refractivity contribution in [2.45, 2.75) is 19.9 Å². The van der Waals surface area contributed by atoms with Crippen molar-refractivity contribution in [1.82, 2.24) is 10.3 Å². The minimum Gasteiger partial charge on any atom is -0.399 e. The van der Waals surface area contributed by atoms with Crippen molar-refractivity contribution in [2.75, 3.05) is 12.3 Å². The number of amides is 1. The number of aromatic nitrogens is 1. The average molecular weight is 261 g/mol. The number of fused-ring (bicyclic) bond motifs is 1.